The molecular formula is C16H24N2O3. The monoisotopic (exact) mass is 292 g/mol. The zero-order valence-electron chi connectivity index (χ0n) is 12.5. The summed E-state index contributed by atoms with van der Waals surface area (Å²) in [6.07, 6.45) is 1.93. The fourth-order valence-electron chi connectivity index (χ4n) is 2.60. The van der Waals surface area contributed by atoms with Crippen molar-refractivity contribution in [3.05, 3.63) is 29.8 Å². The van der Waals surface area contributed by atoms with Crippen LogP contribution in [-0.4, -0.2) is 48.8 Å². The summed E-state index contributed by atoms with van der Waals surface area (Å²) in [6, 6.07) is 6.86. The van der Waals surface area contributed by atoms with Gasteiger partial charge in [0.05, 0.1) is 6.61 Å². The van der Waals surface area contributed by atoms with E-state index in [4.69, 9.17) is 4.74 Å². The number of aliphatic carboxylic acids is 1. The number of carboxylic acid groups (broad SMARTS) is 1. The lowest BCUT2D eigenvalue weighted by atomic mass is 10.0. The quantitative estimate of drug-likeness (QED) is 0.838. The number of hydrogen-bond donors (Lipinski definition) is 2. The highest BCUT2D eigenvalue weighted by molar-refractivity contribution is 5.75. The van der Waals surface area contributed by atoms with Crippen molar-refractivity contribution in [1.29, 1.82) is 0 Å². The molecule has 1 aliphatic heterocycles. The van der Waals surface area contributed by atoms with Crippen LogP contribution in [0.3, 0.4) is 0 Å². The molecule has 1 aromatic rings. The Morgan fingerprint density at radius 1 is 1.33 bits per heavy atom. The third kappa shape index (κ3) is 4.44. The van der Waals surface area contributed by atoms with Crippen molar-refractivity contribution in [1.82, 2.24) is 10.2 Å². The van der Waals surface area contributed by atoms with Crippen LogP contribution >= 0.6 is 0 Å². The first-order chi connectivity index (χ1) is 10.2. The molecule has 1 aromatic carbocycles. The molecule has 5 heteroatoms. The van der Waals surface area contributed by atoms with Crippen LogP contribution < -0.4 is 10.1 Å². The number of hydrogen-bond acceptors (Lipinski definition) is 4. The number of nitrogens with zero attached hydrogens (tertiary/aromatic N) is 1. The third-order valence-electron chi connectivity index (χ3n) is 3.64. The maximum Gasteiger partial charge on any atom is 0.325 e. The lowest BCUT2D eigenvalue weighted by Crippen LogP contribution is -2.36. The van der Waals surface area contributed by atoms with Crippen LogP contribution in [0.25, 0.3) is 0 Å². The molecular weight excluding hydrogens is 268 g/mol. The van der Waals surface area contributed by atoms with Crippen LogP contribution in [0.15, 0.2) is 24.3 Å². The van der Waals surface area contributed by atoms with Gasteiger partial charge in [-0.05, 0) is 37.1 Å². The molecule has 0 spiro atoms. The van der Waals surface area contributed by atoms with Crippen LogP contribution in [0.1, 0.15) is 31.4 Å². The number of benzene rings is 1. The van der Waals surface area contributed by atoms with Gasteiger partial charge >= 0.3 is 5.97 Å². The first-order valence-corrected chi connectivity index (χ1v) is 7.62. The van der Waals surface area contributed by atoms with E-state index in [0.29, 0.717) is 6.61 Å². The Hall–Kier alpha value is -1.59. The fraction of sp³-hybridized carbons (Fsp3) is 0.562. The van der Waals surface area contributed by atoms with Gasteiger partial charge in [0.1, 0.15) is 11.8 Å². The SMILES string of the molecule is CCCOc1ccc(C(C(=O)O)N2CCCNCC2)cc1. The van der Waals surface area contributed by atoms with Crippen LogP contribution in [0.5, 0.6) is 5.75 Å². The minimum absolute atomic E-state index is 0.579. The van der Waals surface area contributed by atoms with E-state index in [1.54, 1.807) is 0 Å². The van der Waals surface area contributed by atoms with E-state index >= 15 is 0 Å². The van der Waals surface area contributed by atoms with Gasteiger partial charge in [-0.3, -0.25) is 9.69 Å². The number of carbonyl (C=O) groups is 1. The lowest BCUT2D eigenvalue weighted by Gasteiger charge is -2.27. The molecule has 1 atom stereocenters. The highest BCUT2D eigenvalue weighted by atomic mass is 16.5. The first-order valence-electron chi connectivity index (χ1n) is 7.62. The van der Waals surface area contributed by atoms with Gasteiger partial charge in [0.15, 0.2) is 0 Å². The van der Waals surface area contributed by atoms with Crippen molar-refractivity contribution in [2.24, 2.45) is 0 Å². The minimum atomic E-state index is -0.792. The number of ether oxygens (including phenoxy) is 1. The summed E-state index contributed by atoms with van der Waals surface area (Å²) in [6.45, 7) is 6.08. The van der Waals surface area contributed by atoms with Crippen molar-refractivity contribution in [2.75, 3.05) is 32.8 Å². The van der Waals surface area contributed by atoms with E-state index in [0.717, 1.165) is 50.3 Å². The van der Waals surface area contributed by atoms with Gasteiger partial charge in [0.25, 0.3) is 0 Å². The molecule has 0 bridgehead atoms. The van der Waals surface area contributed by atoms with E-state index < -0.39 is 12.0 Å². The zero-order valence-corrected chi connectivity index (χ0v) is 12.5. The van der Waals surface area contributed by atoms with E-state index in [1.807, 2.05) is 29.2 Å². The average Bonchev–Trinajstić information content (AvgIpc) is 2.75. The second kappa shape index (κ2) is 8.00. The van der Waals surface area contributed by atoms with Crippen molar-refractivity contribution in [2.45, 2.75) is 25.8 Å². The second-order valence-electron chi connectivity index (χ2n) is 5.30. The van der Waals surface area contributed by atoms with Crippen molar-refractivity contribution < 1.29 is 14.6 Å². The molecule has 0 saturated carbocycles. The van der Waals surface area contributed by atoms with Crippen LogP contribution in [-0.2, 0) is 4.79 Å². The summed E-state index contributed by atoms with van der Waals surface area (Å²) < 4.78 is 5.54. The van der Waals surface area contributed by atoms with Crippen LogP contribution in [0, 0.1) is 0 Å². The molecule has 1 heterocycles. The standard InChI is InChI=1S/C16H24N2O3/c1-2-12-21-14-6-4-13(5-7-14)15(16(19)20)18-10-3-8-17-9-11-18/h4-7,15,17H,2-3,8-12H2,1H3,(H,19,20). The van der Waals surface area contributed by atoms with Gasteiger partial charge in [0.2, 0.25) is 0 Å². The summed E-state index contributed by atoms with van der Waals surface area (Å²) in [4.78, 5) is 13.7. The number of nitrogens with one attached hydrogen (secondary N) is 1. The second-order valence-corrected chi connectivity index (χ2v) is 5.30. The predicted octanol–water partition coefficient (Wildman–Crippen LogP) is 1.90. The molecule has 1 aliphatic rings. The summed E-state index contributed by atoms with van der Waals surface area (Å²) in [5.41, 5.74) is 0.813. The number of rotatable bonds is 6. The third-order valence-corrected chi connectivity index (χ3v) is 3.64. The molecule has 2 rings (SSSR count). The van der Waals surface area contributed by atoms with Gasteiger partial charge in [-0.1, -0.05) is 19.1 Å². The largest absolute Gasteiger partial charge is 0.494 e. The number of carboxylic acids is 1. The van der Waals surface area contributed by atoms with Crippen molar-refractivity contribution >= 4 is 5.97 Å². The summed E-state index contributed by atoms with van der Waals surface area (Å²) in [7, 11) is 0. The highest BCUT2D eigenvalue weighted by Crippen LogP contribution is 2.24. The summed E-state index contributed by atoms with van der Waals surface area (Å²) in [5, 5.41) is 12.9. The Bertz CT molecular complexity index is 439. The molecule has 21 heavy (non-hydrogen) atoms. The molecule has 2 N–H and O–H groups in total. The first kappa shape index (κ1) is 15.8. The van der Waals surface area contributed by atoms with Gasteiger partial charge in [-0.25, -0.2) is 0 Å². The van der Waals surface area contributed by atoms with Crippen molar-refractivity contribution in [3.8, 4) is 5.75 Å². The molecule has 0 radical (unpaired) electrons. The highest BCUT2D eigenvalue weighted by Gasteiger charge is 2.27. The minimum Gasteiger partial charge on any atom is -0.494 e. The Balaban J connectivity index is 2.11. The predicted molar refractivity (Wildman–Crippen MR) is 81.7 cm³/mol. The Labute approximate surface area is 125 Å². The average molecular weight is 292 g/mol. The van der Waals surface area contributed by atoms with Gasteiger partial charge in [-0.2, -0.15) is 0 Å². The van der Waals surface area contributed by atoms with Crippen molar-refractivity contribution in [3.63, 3.8) is 0 Å². The van der Waals surface area contributed by atoms with Crippen LogP contribution in [0.2, 0.25) is 0 Å². The van der Waals surface area contributed by atoms with E-state index in [-0.39, 0.29) is 0 Å². The Morgan fingerprint density at radius 2 is 2.10 bits per heavy atom. The fourth-order valence-corrected chi connectivity index (χ4v) is 2.60. The molecule has 0 aromatic heterocycles. The molecule has 0 aliphatic carbocycles. The molecule has 1 saturated heterocycles. The van der Waals surface area contributed by atoms with Gasteiger partial charge < -0.3 is 15.2 Å². The van der Waals surface area contributed by atoms with Crippen LogP contribution in [0.4, 0.5) is 0 Å². The normalized spacial score (nSPS) is 18.0. The zero-order chi connectivity index (χ0) is 15.1. The lowest BCUT2D eigenvalue weighted by molar-refractivity contribution is -0.143. The molecule has 1 unspecified atom stereocenters. The molecule has 1 fully saturated rings. The molecule has 5 nitrogen and oxygen atoms in total. The maximum atomic E-state index is 11.7. The Kier molecular flexibility index (Phi) is 6.02. The Morgan fingerprint density at radius 3 is 2.76 bits per heavy atom. The van der Waals surface area contributed by atoms with E-state index in [2.05, 4.69) is 12.2 Å². The van der Waals surface area contributed by atoms with Gasteiger partial charge in [0, 0.05) is 19.6 Å². The summed E-state index contributed by atoms with van der Waals surface area (Å²) in [5.74, 6) is 0.00129. The molecule has 116 valence electrons. The maximum absolute atomic E-state index is 11.7. The van der Waals surface area contributed by atoms with Gasteiger partial charge in [-0.15, -0.1) is 0 Å². The smallest absolute Gasteiger partial charge is 0.325 e. The molecule has 0 amide bonds. The van der Waals surface area contributed by atoms with E-state index in [9.17, 15) is 9.90 Å². The summed E-state index contributed by atoms with van der Waals surface area (Å²) >= 11 is 0. The van der Waals surface area contributed by atoms with E-state index in [1.165, 1.54) is 0 Å². The topological polar surface area (TPSA) is 61.8 Å².